The Kier molecular flexibility index (Phi) is 20.7. The summed E-state index contributed by atoms with van der Waals surface area (Å²) in [7, 11) is 0. The molecule has 1 nitrogen and oxygen atoms in total. The molecule has 0 bridgehead atoms. The summed E-state index contributed by atoms with van der Waals surface area (Å²) in [6.07, 6.45) is 36.2. The van der Waals surface area contributed by atoms with Crippen molar-refractivity contribution in [2.75, 3.05) is 0 Å². The maximum Gasteiger partial charge on any atom is 0.0540 e. The summed E-state index contributed by atoms with van der Waals surface area (Å²) < 4.78 is 0. The molecule has 1 atom stereocenters. The van der Waals surface area contributed by atoms with Gasteiger partial charge in [-0.05, 0) is 18.8 Å². The Labute approximate surface area is 191 Å². The number of unbranched alkanes of at least 4 members (excludes halogenated alkanes) is 16. The van der Waals surface area contributed by atoms with E-state index >= 15 is 0 Å². The third-order valence-electron chi connectivity index (χ3n) is 7.52. The number of aliphatic hydroxyl groups is 1. The third kappa shape index (κ3) is 18.7. The summed E-state index contributed by atoms with van der Waals surface area (Å²) in [4.78, 5) is 0. The molecule has 1 rings (SSSR count). The van der Waals surface area contributed by atoms with Gasteiger partial charge in [-0.15, -0.1) is 0 Å². The van der Waals surface area contributed by atoms with Crippen molar-refractivity contribution in [1.29, 1.82) is 0 Å². The lowest BCUT2D eigenvalue weighted by atomic mass is 9.85. The van der Waals surface area contributed by atoms with E-state index in [4.69, 9.17) is 0 Å². The molecule has 1 fully saturated rings. The molecule has 1 N–H and O–H groups in total. The van der Waals surface area contributed by atoms with Gasteiger partial charge in [-0.2, -0.15) is 0 Å². The van der Waals surface area contributed by atoms with Crippen LogP contribution < -0.4 is 0 Å². The molecule has 0 spiro atoms. The van der Waals surface area contributed by atoms with Crippen molar-refractivity contribution in [2.45, 2.75) is 180 Å². The van der Waals surface area contributed by atoms with Crippen LogP contribution in [0.5, 0.6) is 0 Å². The Morgan fingerprint density at radius 3 is 1.40 bits per heavy atom. The minimum absolute atomic E-state index is 0.0232. The first-order chi connectivity index (χ1) is 14.8. The molecule has 30 heavy (non-hydrogen) atoms. The fourth-order valence-electron chi connectivity index (χ4n) is 5.37. The minimum Gasteiger partial charge on any atom is -0.393 e. The molecule has 0 radical (unpaired) electrons. The second-order valence-corrected chi connectivity index (χ2v) is 10.5. The highest BCUT2D eigenvalue weighted by Crippen LogP contribution is 2.28. The van der Waals surface area contributed by atoms with Crippen LogP contribution in [0.15, 0.2) is 0 Å². The lowest BCUT2D eigenvalue weighted by Gasteiger charge is -2.21. The fourth-order valence-corrected chi connectivity index (χ4v) is 5.37. The highest BCUT2D eigenvalue weighted by molar-refractivity contribution is 4.67. The molecule has 1 aliphatic rings. The van der Waals surface area contributed by atoms with Crippen LogP contribution in [-0.2, 0) is 0 Å². The molecule has 0 aromatic heterocycles. The summed E-state index contributed by atoms with van der Waals surface area (Å²) in [5, 5.41) is 10.2. The van der Waals surface area contributed by atoms with Crippen LogP contribution in [0.2, 0.25) is 0 Å². The highest BCUT2D eigenvalue weighted by atomic mass is 16.3. The molecule has 0 saturated heterocycles. The summed E-state index contributed by atoms with van der Waals surface area (Å²) in [5.41, 5.74) is 0. The number of aliphatic hydroxyl groups excluding tert-OH is 1. The summed E-state index contributed by atoms with van der Waals surface area (Å²) >= 11 is 0. The van der Waals surface area contributed by atoms with E-state index in [1.165, 1.54) is 154 Å². The zero-order valence-electron chi connectivity index (χ0n) is 21.0. The van der Waals surface area contributed by atoms with Crippen molar-refractivity contribution in [3.05, 3.63) is 0 Å². The molecule has 1 saturated carbocycles. The van der Waals surface area contributed by atoms with Crippen LogP contribution in [0.3, 0.4) is 0 Å². The third-order valence-corrected chi connectivity index (χ3v) is 7.52. The van der Waals surface area contributed by atoms with Gasteiger partial charge in [-0.25, -0.2) is 0 Å². The number of hydrogen-bond donors (Lipinski definition) is 1. The maximum absolute atomic E-state index is 10.2. The Hall–Kier alpha value is -0.0400. The molecule has 0 aromatic rings. The average molecular weight is 423 g/mol. The van der Waals surface area contributed by atoms with E-state index in [1.807, 2.05) is 0 Å². The molecule has 0 amide bonds. The van der Waals surface area contributed by atoms with Gasteiger partial charge in [0.05, 0.1) is 6.10 Å². The van der Waals surface area contributed by atoms with E-state index in [1.54, 1.807) is 0 Å². The van der Waals surface area contributed by atoms with Crippen LogP contribution in [0.4, 0.5) is 0 Å². The summed E-state index contributed by atoms with van der Waals surface area (Å²) in [6, 6.07) is 0. The van der Waals surface area contributed by atoms with E-state index in [0.29, 0.717) is 0 Å². The smallest absolute Gasteiger partial charge is 0.0540 e. The molecule has 0 aliphatic heterocycles. The molecular formula is C29H58O. The molecule has 1 aliphatic carbocycles. The number of rotatable bonds is 22. The molecule has 0 heterocycles. The summed E-state index contributed by atoms with van der Waals surface area (Å²) in [5.74, 6) is 0.978. The Balaban J connectivity index is 1.70. The van der Waals surface area contributed by atoms with E-state index in [9.17, 15) is 5.11 Å². The normalized spacial score (nSPS) is 16.2. The van der Waals surface area contributed by atoms with Crippen molar-refractivity contribution in [1.82, 2.24) is 0 Å². The highest BCUT2D eigenvalue weighted by Gasteiger charge is 2.13. The molecule has 1 unspecified atom stereocenters. The second-order valence-electron chi connectivity index (χ2n) is 10.5. The van der Waals surface area contributed by atoms with Gasteiger partial charge in [-0.1, -0.05) is 161 Å². The van der Waals surface area contributed by atoms with Crippen molar-refractivity contribution in [2.24, 2.45) is 5.92 Å². The van der Waals surface area contributed by atoms with Gasteiger partial charge in [0.15, 0.2) is 0 Å². The minimum atomic E-state index is -0.0232. The Morgan fingerprint density at radius 2 is 0.933 bits per heavy atom. The molecule has 1 heteroatoms. The lowest BCUT2D eigenvalue weighted by Crippen LogP contribution is -2.10. The van der Waals surface area contributed by atoms with E-state index in [-0.39, 0.29) is 6.10 Å². The first-order valence-corrected chi connectivity index (χ1v) is 14.5. The fraction of sp³-hybridized carbons (Fsp3) is 1.00. The zero-order valence-corrected chi connectivity index (χ0v) is 21.0. The number of hydrogen-bond acceptors (Lipinski definition) is 1. The Morgan fingerprint density at radius 1 is 0.533 bits per heavy atom. The van der Waals surface area contributed by atoms with Crippen molar-refractivity contribution in [3.63, 3.8) is 0 Å². The van der Waals surface area contributed by atoms with E-state index in [2.05, 4.69) is 6.92 Å². The SMILES string of the molecule is CCCCCCCCCCCCCCCCCCCC(O)CCCC1CCCCC1. The van der Waals surface area contributed by atoms with Crippen molar-refractivity contribution in [3.8, 4) is 0 Å². The zero-order chi connectivity index (χ0) is 21.5. The predicted octanol–water partition coefficient (Wildman–Crippen LogP) is 10.1. The van der Waals surface area contributed by atoms with Gasteiger partial charge >= 0.3 is 0 Å². The topological polar surface area (TPSA) is 20.2 Å². The van der Waals surface area contributed by atoms with Crippen LogP contribution >= 0.6 is 0 Å². The predicted molar refractivity (Wildman–Crippen MR) is 135 cm³/mol. The van der Waals surface area contributed by atoms with Gasteiger partial charge in [-0.3, -0.25) is 0 Å². The van der Waals surface area contributed by atoms with Crippen LogP contribution in [0.25, 0.3) is 0 Å². The molecular weight excluding hydrogens is 364 g/mol. The van der Waals surface area contributed by atoms with Crippen LogP contribution in [0.1, 0.15) is 174 Å². The summed E-state index contributed by atoms with van der Waals surface area (Å²) in [6.45, 7) is 2.30. The van der Waals surface area contributed by atoms with Crippen molar-refractivity contribution >= 4 is 0 Å². The Bertz CT molecular complexity index is 320. The van der Waals surface area contributed by atoms with Gasteiger partial charge in [0, 0.05) is 0 Å². The monoisotopic (exact) mass is 422 g/mol. The average Bonchev–Trinajstić information content (AvgIpc) is 2.76. The first-order valence-electron chi connectivity index (χ1n) is 14.5. The first kappa shape index (κ1) is 28.0. The van der Waals surface area contributed by atoms with Crippen molar-refractivity contribution < 1.29 is 5.11 Å². The maximum atomic E-state index is 10.2. The second kappa shape index (κ2) is 22.2. The van der Waals surface area contributed by atoms with Crippen LogP contribution in [-0.4, -0.2) is 11.2 Å². The lowest BCUT2D eigenvalue weighted by molar-refractivity contribution is 0.144. The van der Waals surface area contributed by atoms with Gasteiger partial charge in [0.1, 0.15) is 0 Å². The van der Waals surface area contributed by atoms with Crippen LogP contribution in [0, 0.1) is 5.92 Å². The van der Waals surface area contributed by atoms with E-state index in [0.717, 1.165) is 18.8 Å². The molecule has 0 aromatic carbocycles. The molecule has 180 valence electrons. The van der Waals surface area contributed by atoms with Gasteiger partial charge < -0.3 is 5.11 Å². The standard InChI is InChI=1S/C29H58O/c1-2-3-4-5-6-7-8-9-10-11-12-13-14-15-16-17-21-26-29(30)27-22-25-28-23-19-18-20-24-28/h28-30H,2-27H2,1H3. The quantitative estimate of drug-likeness (QED) is 0.172. The largest absolute Gasteiger partial charge is 0.393 e. The van der Waals surface area contributed by atoms with Gasteiger partial charge in [0.2, 0.25) is 0 Å². The van der Waals surface area contributed by atoms with E-state index < -0.39 is 0 Å². The van der Waals surface area contributed by atoms with Gasteiger partial charge in [0.25, 0.3) is 0 Å².